The monoisotopic (exact) mass is 219 g/mol. The lowest BCUT2D eigenvalue weighted by atomic mass is 10.3. The third-order valence-corrected chi connectivity index (χ3v) is 2.81. The minimum Gasteiger partial charge on any atom is -0.489 e. The van der Waals surface area contributed by atoms with Gasteiger partial charge in [0.2, 0.25) is 0 Å². The Balaban J connectivity index is 1.89. The van der Waals surface area contributed by atoms with Gasteiger partial charge in [-0.05, 0) is 25.1 Å². The number of fused-ring (bicyclic) bond motifs is 1. The molecule has 1 aromatic carbocycles. The van der Waals surface area contributed by atoms with E-state index in [4.69, 9.17) is 4.74 Å². The number of hydrogen-bond acceptors (Lipinski definition) is 3. The van der Waals surface area contributed by atoms with Gasteiger partial charge in [-0.1, -0.05) is 0 Å². The molecule has 0 radical (unpaired) electrons. The molecule has 1 atom stereocenters. The number of ether oxygens (including phenoxy) is 1. The van der Waals surface area contributed by atoms with Crippen LogP contribution in [0.3, 0.4) is 0 Å². The Morgan fingerprint density at radius 2 is 2.12 bits per heavy atom. The molecule has 1 fully saturated rings. The predicted octanol–water partition coefficient (Wildman–Crippen LogP) is 0.597. The zero-order valence-corrected chi connectivity index (χ0v) is 8.75. The van der Waals surface area contributed by atoms with Gasteiger partial charge in [-0.25, -0.2) is 4.79 Å². The van der Waals surface area contributed by atoms with Crippen molar-refractivity contribution in [3.63, 3.8) is 0 Å². The van der Waals surface area contributed by atoms with Crippen LogP contribution in [0, 0.1) is 0 Å². The SMILES string of the molecule is O=c1[nH]c2ccc(OC3CCNC3)cc2[nH]1. The first-order valence-corrected chi connectivity index (χ1v) is 5.41. The molecule has 0 saturated carbocycles. The summed E-state index contributed by atoms with van der Waals surface area (Å²) in [6.07, 6.45) is 1.27. The van der Waals surface area contributed by atoms with Crippen LogP contribution in [-0.2, 0) is 0 Å². The van der Waals surface area contributed by atoms with E-state index in [2.05, 4.69) is 15.3 Å². The predicted molar refractivity (Wildman–Crippen MR) is 60.8 cm³/mol. The summed E-state index contributed by atoms with van der Waals surface area (Å²) in [7, 11) is 0. The molecule has 0 aliphatic carbocycles. The van der Waals surface area contributed by atoms with Crippen molar-refractivity contribution in [2.45, 2.75) is 12.5 Å². The third-order valence-electron chi connectivity index (χ3n) is 2.81. The maximum Gasteiger partial charge on any atom is 0.323 e. The van der Waals surface area contributed by atoms with Crippen LogP contribution in [-0.4, -0.2) is 29.2 Å². The Kier molecular flexibility index (Phi) is 2.18. The van der Waals surface area contributed by atoms with E-state index >= 15 is 0 Å². The van der Waals surface area contributed by atoms with Gasteiger partial charge in [-0.3, -0.25) is 0 Å². The number of aromatic nitrogens is 2. The number of hydrogen-bond donors (Lipinski definition) is 3. The Morgan fingerprint density at radius 3 is 2.94 bits per heavy atom. The fraction of sp³-hybridized carbons (Fsp3) is 0.364. The van der Waals surface area contributed by atoms with E-state index in [-0.39, 0.29) is 11.8 Å². The molecular formula is C11H13N3O2. The van der Waals surface area contributed by atoms with Gasteiger partial charge < -0.3 is 20.0 Å². The number of H-pyrrole nitrogens is 2. The summed E-state index contributed by atoms with van der Waals surface area (Å²) in [5.41, 5.74) is 1.41. The second-order valence-corrected chi connectivity index (χ2v) is 4.02. The average Bonchev–Trinajstić information content (AvgIpc) is 2.85. The summed E-state index contributed by atoms with van der Waals surface area (Å²) in [5.74, 6) is 0.802. The second-order valence-electron chi connectivity index (χ2n) is 4.02. The molecule has 3 N–H and O–H groups in total. The van der Waals surface area contributed by atoms with Gasteiger partial charge in [0.05, 0.1) is 11.0 Å². The van der Waals surface area contributed by atoms with Gasteiger partial charge in [-0.2, -0.15) is 0 Å². The normalized spacial score (nSPS) is 20.4. The number of rotatable bonds is 2. The first-order chi connectivity index (χ1) is 7.81. The lowest BCUT2D eigenvalue weighted by Gasteiger charge is -2.11. The van der Waals surface area contributed by atoms with Gasteiger partial charge >= 0.3 is 5.69 Å². The van der Waals surface area contributed by atoms with Crippen molar-refractivity contribution in [3.8, 4) is 5.75 Å². The highest BCUT2D eigenvalue weighted by atomic mass is 16.5. The van der Waals surface area contributed by atoms with Crippen LogP contribution in [0.1, 0.15) is 6.42 Å². The zero-order chi connectivity index (χ0) is 11.0. The highest BCUT2D eigenvalue weighted by Gasteiger charge is 2.15. The third kappa shape index (κ3) is 1.69. The first kappa shape index (κ1) is 9.47. The zero-order valence-electron chi connectivity index (χ0n) is 8.75. The smallest absolute Gasteiger partial charge is 0.323 e. The van der Waals surface area contributed by atoms with Crippen molar-refractivity contribution in [1.29, 1.82) is 0 Å². The van der Waals surface area contributed by atoms with E-state index in [0.29, 0.717) is 0 Å². The fourth-order valence-electron chi connectivity index (χ4n) is 2.01. The summed E-state index contributed by atoms with van der Waals surface area (Å²) in [6, 6.07) is 5.58. The maximum absolute atomic E-state index is 11.1. The van der Waals surface area contributed by atoms with Crippen LogP contribution in [0.15, 0.2) is 23.0 Å². The molecule has 84 valence electrons. The molecule has 5 heteroatoms. The van der Waals surface area contributed by atoms with Crippen LogP contribution >= 0.6 is 0 Å². The van der Waals surface area contributed by atoms with Crippen molar-refractivity contribution in [3.05, 3.63) is 28.7 Å². The molecule has 0 bridgehead atoms. The molecule has 0 spiro atoms. The van der Waals surface area contributed by atoms with E-state index in [0.717, 1.165) is 36.3 Å². The Bertz CT molecular complexity index is 552. The Labute approximate surface area is 91.8 Å². The van der Waals surface area contributed by atoms with Crippen LogP contribution < -0.4 is 15.7 Å². The summed E-state index contributed by atoms with van der Waals surface area (Å²) >= 11 is 0. The van der Waals surface area contributed by atoms with Gasteiger partial charge in [0.15, 0.2) is 0 Å². The van der Waals surface area contributed by atoms with Gasteiger partial charge in [-0.15, -0.1) is 0 Å². The number of benzene rings is 1. The van der Waals surface area contributed by atoms with Crippen LogP contribution in [0.25, 0.3) is 11.0 Å². The van der Waals surface area contributed by atoms with E-state index in [9.17, 15) is 4.79 Å². The fourth-order valence-corrected chi connectivity index (χ4v) is 2.01. The largest absolute Gasteiger partial charge is 0.489 e. The van der Waals surface area contributed by atoms with Crippen molar-refractivity contribution < 1.29 is 4.74 Å². The van der Waals surface area contributed by atoms with Crippen molar-refractivity contribution >= 4 is 11.0 Å². The topological polar surface area (TPSA) is 69.9 Å². The van der Waals surface area contributed by atoms with Crippen molar-refractivity contribution in [2.75, 3.05) is 13.1 Å². The quantitative estimate of drug-likeness (QED) is 0.692. The summed E-state index contributed by atoms with van der Waals surface area (Å²) in [5, 5.41) is 3.24. The summed E-state index contributed by atoms with van der Waals surface area (Å²) < 4.78 is 5.79. The van der Waals surface area contributed by atoms with Gasteiger partial charge in [0.25, 0.3) is 0 Å². The van der Waals surface area contributed by atoms with E-state index in [1.807, 2.05) is 18.2 Å². The molecule has 16 heavy (non-hydrogen) atoms. The number of nitrogens with one attached hydrogen (secondary N) is 3. The van der Waals surface area contributed by atoms with Crippen molar-refractivity contribution in [2.24, 2.45) is 0 Å². The molecular weight excluding hydrogens is 206 g/mol. The molecule has 3 rings (SSSR count). The molecule has 1 aromatic heterocycles. The number of imidazole rings is 1. The first-order valence-electron chi connectivity index (χ1n) is 5.41. The average molecular weight is 219 g/mol. The molecule has 5 nitrogen and oxygen atoms in total. The second kappa shape index (κ2) is 3.68. The highest BCUT2D eigenvalue weighted by molar-refractivity contribution is 5.75. The lowest BCUT2D eigenvalue weighted by molar-refractivity contribution is 0.223. The molecule has 1 saturated heterocycles. The van der Waals surface area contributed by atoms with E-state index in [1.165, 1.54) is 0 Å². The van der Waals surface area contributed by atoms with Crippen LogP contribution in [0.4, 0.5) is 0 Å². The Hall–Kier alpha value is -1.75. The molecule has 1 aliphatic heterocycles. The van der Waals surface area contributed by atoms with Gasteiger partial charge in [0.1, 0.15) is 11.9 Å². The molecule has 0 amide bonds. The van der Waals surface area contributed by atoms with E-state index < -0.39 is 0 Å². The standard InChI is InChI=1S/C11H13N3O2/c15-11-13-9-2-1-7(5-10(9)14-11)16-8-3-4-12-6-8/h1-2,5,8,12H,3-4,6H2,(H2,13,14,15). The minimum absolute atomic E-state index is 0.185. The molecule has 1 aliphatic rings. The maximum atomic E-state index is 11.1. The Morgan fingerprint density at radius 1 is 1.25 bits per heavy atom. The lowest BCUT2D eigenvalue weighted by Crippen LogP contribution is -2.19. The van der Waals surface area contributed by atoms with Crippen molar-refractivity contribution in [1.82, 2.24) is 15.3 Å². The molecule has 1 unspecified atom stereocenters. The minimum atomic E-state index is -0.185. The molecule has 2 heterocycles. The van der Waals surface area contributed by atoms with Crippen LogP contribution in [0.2, 0.25) is 0 Å². The van der Waals surface area contributed by atoms with E-state index in [1.54, 1.807) is 0 Å². The van der Waals surface area contributed by atoms with Gasteiger partial charge in [0, 0.05) is 12.6 Å². The summed E-state index contributed by atoms with van der Waals surface area (Å²) in [4.78, 5) is 16.5. The highest BCUT2D eigenvalue weighted by Crippen LogP contribution is 2.19. The van der Waals surface area contributed by atoms with Crippen LogP contribution in [0.5, 0.6) is 5.75 Å². The summed E-state index contributed by atoms with van der Waals surface area (Å²) in [6.45, 7) is 1.90. The number of aromatic amines is 2. The molecule has 2 aromatic rings.